The Morgan fingerprint density at radius 3 is 2.50 bits per heavy atom. The van der Waals surface area contributed by atoms with Crippen LogP contribution in [0.25, 0.3) is 0 Å². The third-order valence-electron chi connectivity index (χ3n) is 3.83. The number of sulfonamides is 1. The molecule has 0 spiro atoms. The molecule has 1 saturated carbocycles. The average molecular weight is 362 g/mol. The first-order valence-corrected chi connectivity index (χ1v) is 8.93. The monoisotopic (exact) mass is 361 g/mol. The number of halogens is 1. The molecule has 0 atom stereocenters. The molecule has 4 nitrogen and oxygen atoms in total. The van der Waals surface area contributed by atoms with E-state index in [0.717, 1.165) is 18.4 Å². The van der Waals surface area contributed by atoms with E-state index >= 15 is 0 Å². The van der Waals surface area contributed by atoms with Gasteiger partial charge < -0.3 is 5.11 Å². The highest BCUT2D eigenvalue weighted by atomic mass is 79.9. The van der Waals surface area contributed by atoms with Gasteiger partial charge in [-0.1, -0.05) is 18.9 Å². The topological polar surface area (TPSA) is 57.6 Å². The number of benzene rings is 1. The summed E-state index contributed by atoms with van der Waals surface area (Å²) in [6, 6.07) is 5.16. The van der Waals surface area contributed by atoms with Crippen molar-refractivity contribution in [2.75, 3.05) is 13.6 Å². The molecular formula is C14H20BrNO3S. The van der Waals surface area contributed by atoms with Crippen LogP contribution in [0.3, 0.4) is 0 Å². The highest BCUT2D eigenvalue weighted by Crippen LogP contribution is 2.32. The molecule has 1 aliphatic rings. The molecule has 1 fully saturated rings. The summed E-state index contributed by atoms with van der Waals surface area (Å²) in [6.45, 7) is 2.06. The van der Waals surface area contributed by atoms with Gasteiger partial charge in [-0.05, 0) is 53.4 Å². The van der Waals surface area contributed by atoms with Gasteiger partial charge in [-0.25, -0.2) is 8.42 Å². The fraction of sp³-hybridized carbons (Fsp3) is 0.571. The maximum Gasteiger partial charge on any atom is 0.244 e. The third-order valence-corrected chi connectivity index (χ3v) is 6.61. The maximum absolute atomic E-state index is 12.6. The molecule has 1 aromatic carbocycles. The van der Waals surface area contributed by atoms with E-state index in [1.54, 1.807) is 18.2 Å². The number of likely N-dealkylation sites (N-methyl/N-ethyl adjacent to an activating group) is 1. The smallest absolute Gasteiger partial charge is 0.244 e. The predicted octanol–water partition coefficient (Wildman–Crippen LogP) is 2.68. The van der Waals surface area contributed by atoms with E-state index in [-0.39, 0.29) is 11.4 Å². The maximum atomic E-state index is 12.6. The summed E-state index contributed by atoms with van der Waals surface area (Å²) in [4.78, 5) is 0.243. The predicted molar refractivity (Wildman–Crippen MR) is 82.1 cm³/mol. The summed E-state index contributed by atoms with van der Waals surface area (Å²) in [7, 11) is -2.06. The van der Waals surface area contributed by atoms with E-state index < -0.39 is 15.6 Å². The molecule has 0 aromatic heterocycles. The zero-order chi connectivity index (χ0) is 15.0. The second-order valence-electron chi connectivity index (χ2n) is 5.63. The summed E-state index contributed by atoms with van der Waals surface area (Å²) in [5.74, 6) is 0. The van der Waals surface area contributed by atoms with Crippen molar-refractivity contribution in [3.05, 3.63) is 28.2 Å². The Balaban J connectivity index is 2.25. The first-order valence-electron chi connectivity index (χ1n) is 6.69. The molecular weight excluding hydrogens is 342 g/mol. The number of hydrogen-bond acceptors (Lipinski definition) is 3. The largest absolute Gasteiger partial charge is 0.389 e. The Labute approximate surface area is 129 Å². The molecule has 0 amide bonds. The lowest BCUT2D eigenvalue weighted by Crippen LogP contribution is -2.42. The molecule has 0 radical (unpaired) electrons. The number of aryl methyl sites for hydroxylation is 1. The Kier molecular flexibility index (Phi) is 4.59. The van der Waals surface area contributed by atoms with Gasteiger partial charge in [0.1, 0.15) is 0 Å². The van der Waals surface area contributed by atoms with Gasteiger partial charge in [-0.2, -0.15) is 4.31 Å². The van der Waals surface area contributed by atoms with Gasteiger partial charge in [0.25, 0.3) is 0 Å². The second kappa shape index (κ2) is 5.75. The first kappa shape index (κ1) is 15.9. The molecule has 0 aliphatic heterocycles. The minimum atomic E-state index is -3.59. The number of nitrogens with zero attached hydrogens (tertiary/aromatic N) is 1. The number of rotatable bonds is 4. The van der Waals surface area contributed by atoms with Crippen LogP contribution in [0.2, 0.25) is 0 Å². The molecule has 0 heterocycles. The van der Waals surface area contributed by atoms with Crippen molar-refractivity contribution in [1.82, 2.24) is 4.31 Å². The van der Waals surface area contributed by atoms with Crippen LogP contribution in [0.1, 0.15) is 31.2 Å². The quantitative estimate of drug-likeness (QED) is 0.896. The van der Waals surface area contributed by atoms with Gasteiger partial charge in [0, 0.05) is 18.1 Å². The van der Waals surface area contributed by atoms with Crippen LogP contribution in [0.4, 0.5) is 0 Å². The van der Waals surface area contributed by atoms with Crippen LogP contribution in [0.15, 0.2) is 27.6 Å². The van der Waals surface area contributed by atoms with Crippen LogP contribution >= 0.6 is 15.9 Å². The van der Waals surface area contributed by atoms with Crippen LogP contribution in [-0.4, -0.2) is 37.0 Å². The summed E-state index contributed by atoms with van der Waals surface area (Å²) in [6.07, 6.45) is 3.25. The van der Waals surface area contributed by atoms with Crippen molar-refractivity contribution in [3.63, 3.8) is 0 Å². The molecule has 1 N–H and O–H groups in total. The van der Waals surface area contributed by atoms with E-state index in [4.69, 9.17) is 0 Å². The van der Waals surface area contributed by atoms with Crippen molar-refractivity contribution in [2.45, 2.75) is 43.1 Å². The SMILES string of the molecule is Cc1ccc(S(=O)(=O)N(C)CC2(O)CCCC2)c(Br)c1. The zero-order valence-electron chi connectivity index (χ0n) is 11.8. The van der Waals surface area contributed by atoms with Gasteiger partial charge >= 0.3 is 0 Å². The van der Waals surface area contributed by atoms with Gasteiger partial charge in [-0.3, -0.25) is 0 Å². The van der Waals surface area contributed by atoms with Crippen LogP contribution in [0.5, 0.6) is 0 Å². The second-order valence-corrected chi connectivity index (χ2v) is 8.49. The van der Waals surface area contributed by atoms with Crippen LogP contribution < -0.4 is 0 Å². The number of hydrogen-bond donors (Lipinski definition) is 1. The first-order chi connectivity index (χ1) is 9.24. The van der Waals surface area contributed by atoms with Crippen molar-refractivity contribution in [1.29, 1.82) is 0 Å². The Bertz CT molecular complexity index is 594. The minimum Gasteiger partial charge on any atom is -0.389 e. The van der Waals surface area contributed by atoms with E-state index in [1.165, 1.54) is 11.4 Å². The van der Waals surface area contributed by atoms with Crippen molar-refractivity contribution >= 4 is 26.0 Å². The molecule has 1 aliphatic carbocycles. The molecule has 20 heavy (non-hydrogen) atoms. The number of aliphatic hydroxyl groups is 1. The van der Waals surface area contributed by atoms with Crippen molar-refractivity contribution in [2.24, 2.45) is 0 Å². The summed E-state index contributed by atoms with van der Waals surface area (Å²) in [5, 5.41) is 10.4. The third kappa shape index (κ3) is 3.24. The van der Waals surface area contributed by atoms with E-state index in [9.17, 15) is 13.5 Å². The lowest BCUT2D eigenvalue weighted by Gasteiger charge is -2.28. The summed E-state index contributed by atoms with van der Waals surface area (Å²) in [5.41, 5.74) is 0.117. The summed E-state index contributed by atoms with van der Waals surface area (Å²) >= 11 is 3.31. The van der Waals surface area contributed by atoms with Gasteiger partial charge in [-0.15, -0.1) is 0 Å². The van der Waals surface area contributed by atoms with E-state index in [1.807, 2.05) is 6.92 Å². The highest BCUT2D eigenvalue weighted by molar-refractivity contribution is 9.10. The average Bonchev–Trinajstić information content (AvgIpc) is 2.75. The highest BCUT2D eigenvalue weighted by Gasteiger charge is 2.36. The van der Waals surface area contributed by atoms with Gasteiger partial charge in [0.05, 0.1) is 10.5 Å². The zero-order valence-corrected chi connectivity index (χ0v) is 14.2. The van der Waals surface area contributed by atoms with Gasteiger partial charge in [0.15, 0.2) is 0 Å². The molecule has 6 heteroatoms. The Morgan fingerprint density at radius 2 is 1.95 bits per heavy atom. The van der Waals surface area contributed by atoms with E-state index in [2.05, 4.69) is 15.9 Å². The lowest BCUT2D eigenvalue weighted by molar-refractivity contribution is 0.0333. The van der Waals surface area contributed by atoms with E-state index in [0.29, 0.717) is 17.3 Å². The minimum absolute atomic E-state index is 0.148. The van der Waals surface area contributed by atoms with Crippen molar-refractivity contribution in [3.8, 4) is 0 Å². The molecule has 0 bridgehead atoms. The molecule has 112 valence electrons. The van der Waals surface area contributed by atoms with Crippen LogP contribution in [0, 0.1) is 6.92 Å². The lowest BCUT2D eigenvalue weighted by atomic mass is 10.0. The Hall–Kier alpha value is -0.430. The molecule has 0 unspecified atom stereocenters. The standard InChI is InChI=1S/C14H20BrNO3S/c1-11-5-6-13(12(15)9-11)20(18,19)16(2)10-14(17)7-3-4-8-14/h5-6,9,17H,3-4,7-8,10H2,1-2H3. The normalized spacial score (nSPS) is 18.6. The fourth-order valence-corrected chi connectivity index (χ4v) is 5.07. The van der Waals surface area contributed by atoms with Gasteiger partial charge in [0.2, 0.25) is 10.0 Å². The fourth-order valence-electron chi connectivity index (χ4n) is 2.67. The van der Waals surface area contributed by atoms with Crippen molar-refractivity contribution < 1.29 is 13.5 Å². The summed E-state index contributed by atoms with van der Waals surface area (Å²) < 4.78 is 27.0. The molecule has 2 rings (SSSR count). The van der Waals surface area contributed by atoms with Crippen LogP contribution in [-0.2, 0) is 10.0 Å². The Morgan fingerprint density at radius 1 is 1.35 bits per heavy atom. The molecule has 1 aromatic rings. The molecule has 0 saturated heterocycles.